The van der Waals surface area contributed by atoms with Gasteiger partial charge in [0.25, 0.3) is 11.8 Å². The summed E-state index contributed by atoms with van der Waals surface area (Å²) in [5, 5.41) is 3.47. The maximum Gasteiger partial charge on any atom is 0.329 e. The number of rotatable bonds is 6. The molecule has 2 aromatic rings. The van der Waals surface area contributed by atoms with Crippen molar-refractivity contribution < 1.29 is 19.1 Å². The summed E-state index contributed by atoms with van der Waals surface area (Å²) in [6.07, 6.45) is 1.48. The molecule has 1 fully saturated rings. The molecule has 0 saturated carbocycles. The van der Waals surface area contributed by atoms with Gasteiger partial charge in [0, 0.05) is 0 Å². The number of primary amides is 1. The van der Waals surface area contributed by atoms with Gasteiger partial charge in [0.1, 0.15) is 11.4 Å². The third-order valence-corrected chi connectivity index (χ3v) is 4.96. The molecule has 3 rings (SSSR count). The molecule has 0 radical (unpaired) electrons. The summed E-state index contributed by atoms with van der Waals surface area (Å²) in [6.45, 7) is -0.266. The van der Waals surface area contributed by atoms with Crippen molar-refractivity contribution in [3.63, 3.8) is 0 Å². The zero-order chi connectivity index (χ0) is 21.1. The van der Waals surface area contributed by atoms with Crippen molar-refractivity contribution in [2.75, 3.05) is 6.61 Å². The molecule has 0 aliphatic carbocycles. The molecule has 3 N–H and O–H groups in total. The molecular formula is C19H14Cl3N3O4. The molecule has 0 bridgehead atoms. The Labute approximate surface area is 181 Å². The van der Waals surface area contributed by atoms with E-state index in [1.54, 1.807) is 24.3 Å². The fraction of sp³-hybridized carbons (Fsp3) is 0.105. The highest BCUT2D eigenvalue weighted by Gasteiger charge is 2.33. The number of nitrogens with one attached hydrogen (secondary N) is 1. The lowest BCUT2D eigenvalue weighted by Gasteiger charge is -2.12. The van der Waals surface area contributed by atoms with Crippen LogP contribution in [0.1, 0.15) is 11.1 Å². The van der Waals surface area contributed by atoms with E-state index >= 15 is 0 Å². The van der Waals surface area contributed by atoms with Gasteiger partial charge < -0.3 is 15.8 Å². The van der Waals surface area contributed by atoms with E-state index in [0.29, 0.717) is 21.2 Å². The largest absolute Gasteiger partial charge is 0.482 e. The number of ether oxygens (including phenoxy) is 1. The van der Waals surface area contributed by atoms with Crippen LogP contribution in [0.4, 0.5) is 4.79 Å². The fourth-order valence-electron chi connectivity index (χ4n) is 2.58. The number of hydrogen-bond acceptors (Lipinski definition) is 4. The number of carbonyl (C=O) groups excluding carboxylic acids is 3. The van der Waals surface area contributed by atoms with Crippen LogP contribution in [0, 0.1) is 0 Å². The molecule has 0 atom stereocenters. The Morgan fingerprint density at radius 2 is 1.83 bits per heavy atom. The molecule has 1 aliphatic rings. The highest BCUT2D eigenvalue weighted by Crippen LogP contribution is 2.28. The average molecular weight is 455 g/mol. The third kappa shape index (κ3) is 5.00. The van der Waals surface area contributed by atoms with Crippen LogP contribution in [0.5, 0.6) is 5.75 Å². The first-order valence-electron chi connectivity index (χ1n) is 8.23. The minimum Gasteiger partial charge on any atom is -0.482 e. The van der Waals surface area contributed by atoms with E-state index in [0.717, 1.165) is 4.90 Å². The van der Waals surface area contributed by atoms with Crippen molar-refractivity contribution in [2.45, 2.75) is 6.54 Å². The molecule has 1 heterocycles. The van der Waals surface area contributed by atoms with E-state index in [9.17, 15) is 14.4 Å². The number of urea groups is 1. The van der Waals surface area contributed by atoms with Gasteiger partial charge in [-0.05, 0) is 41.5 Å². The van der Waals surface area contributed by atoms with E-state index < -0.39 is 17.8 Å². The number of imide groups is 1. The summed E-state index contributed by atoms with van der Waals surface area (Å²) in [5.74, 6) is -0.851. The van der Waals surface area contributed by atoms with Gasteiger partial charge in [-0.1, -0.05) is 46.9 Å². The molecule has 0 aromatic heterocycles. The lowest BCUT2D eigenvalue weighted by atomic mass is 10.1. The Hall–Kier alpha value is -2.74. The Kier molecular flexibility index (Phi) is 6.32. The molecule has 0 unspecified atom stereocenters. The van der Waals surface area contributed by atoms with Crippen molar-refractivity contribution in [3.05, 3.63) is 68.3 Å². The minimum absolute atomic E-state index is 0.0412. The van der Waals surface area contributed by atoms with Gasteiger partial charge in [-0.2, -0.15) is 0 Å². The highest BCUT2D eigenvalue weighted by atomic mass is 35.5. The topological polar surface area (TPSA) is 102 Å². The zero-order valence-corrected chi connectivity index (χ0v) is 17.0. The molecule has 1 saturated heterocycles. The van der Waals surface area contributed by atoms with E-state index in [1.807, 2.05) is 0 Å². The highest BCUT2D eigenvalue weighted by molar-refractivity contribution is 6.42. The molecule has 2 aromatic carbocycles. The number of nitrogens with zero attached hydrogens (tertiary/aromatic N) is 1. The maximum absolute atomic E-state index is 12.6. The van der Waals surface area contributed by atoms with Crippen LogP contribution in [0.2, 0.25) is 15.1 Å². The molecule has 1 aliphatic heterocycles. The van der Waals surface area contributed by atoms with Crippen molar-refractivity contribution in [1.29, 1.82) is 0 Å². The summed E-state index contributed by atoms with van der Waals surface area (Å²) in [5.41, 5.74) is 6.34. The van der Waals surface area contributed by atoms with Crippen molar-refractivity contribution in [3.8, 4) is 5.75 Å². The van der Waals surface area contributed by atoms with Crippen LogP contribution in [0.25, 0.3) is 6.08 Å². The SMILES string of the molecule is NC(=O)COc1ccc(C=C2NC(=O)N(Cc3ccc(Cl)c(Cl)c3)C2=O)cc1Cl. The van der Waals surface area contributed by atoms with Crippen molar-refractivity contribution in [2.24, 2.45) is 5.73 Å². The zero-order valence-electron chi connectivity index (χ0n) is 14.7. The molecule has 150 valence electrons. The average Bonchev–Trinajstić information content (AvgIpc) is 2.91. The molecule has 10 heteroatoms. The van der Waals surface area contributed by atoms with Crippen LogP contribution in [-0.2, 0) is 16.1 Å². The van der Waals surface area contributed by atoms with Crippen LogP contribution in [0.3, 0.4) is 0 Å². The predicted molar refractivity (Wildman–Crippen MR) is 110 cm³/mol. The second kappa shape index (κ2) is 8.73. The molecule has 29 heavy (non-hydrogen) atoms. The van der Waals surface area contributed by atoms with Crippen LogP contribution < -0.4 is 15.8 Å². The Morgan fingerprint density at radius 3 is 2.48 bits per heavy atom. The Bertz CT molecular complexity index is 1040. The molecule has 0 spiro atoms. The van der Waals surface area contributed by atoms with Gasteiger partial charge in [-0.25, -0.2) is 4.79 Å². The number of benzene rings is 2. The van der Waals surface area contributed by atoms with E-state index in [4.69, 9.17) is 45.3 Å². The third-order valence-electron chi connectivity index (χ3n) is 3.92. The number of halogens is 3. The summed E-state index contributed by atoms with van der Waals surface area (Å²) < 4.78 is 5.17. The Balaban J connectivity index is 1.76. The Morgan fingerprint density at radius 1 is 1.07 bits per heavy atom. The standard InChI is InChI=1S/C19H14Cl3N3O4/c20-12-3-1-11(6-13(12)21)8-25-18(27)15(24-19(25)28)7-10-2-4-16(14(22)5-10)29-9-17(23)26/h1-7H,8-9H2,(H2,23,26)(H,24,28). The number of nitrogens with two attached hydrogens (primary N) is 1. The first kappa shape index (κ1) is 21.0. The van der Waals surface area contributed by atoms with Gasteiger partial charge in [0.05, 0.1) is 21.6 Å². The van der Waals surface area contributed by atoms with Crippen molar-refractivity contribution in [1.82, 2.24) is 10.2 Å². The smallest absolute Gasteiger partial charge is 0.329 e. The van der Waals surface area contributed by atoms with E-state index in [2.05, 4.69) is 5.32 Å². The lowest BCUT2D eigenvalue weighted by Crippen LogP contribution is -2.30. The van der Waals surface area contributed by atoms with Crippen LogP contribution in [0.15, 0.2) is 42.1 Å². The quantitative estimate of drug-likeness (QED) is 0.514. The fourth-order valence-corrected chi connectivity index (χ4v) is 3.14. The minimum atomic E-state index is -0.631. The number of amides is 4. The van der Waals surface area contributed by atoms with Gasteiger partial charge in [0.2, 0.25) is 0 Å². The second-order valence-electron chi connectivity index (χ2n) is 6.07. The second-order valence-corrected chi connectivity index (χ2v) is 7.29. The lowest BCUT2D eigenvalue weighted by molar-refractivity contribution is -0.123. The molecule has 4 amide bonds. The number of hydrogen-bond donors (Lipinski definition) is 2. The first-order valence-corrected chi connectivity index (χ1v) is 9.37. The monoisotopic (exact) mass is 453 g/mol. The van der Waals surface area contributed by atoms with Gasteiger partial charge in [-0.3, -0.25) is 14.5 Å². The summed E-state index contributed by atoms with van der Waals surface area (Å²) in [4.78, 5) is 36.7. The van der Waals surface area contributed by atoms with Gasteiger partial charge in [0.15, 0.2) is 6.61 Å². The first-order chi connectivity index (χ1) is 13.7. The maximum atomic E-state index is 12.6. The van der Waals surface area contributed by atoms with E-state index in [1.165, 1.54) is 18.2 Å². The number of carbonyl (C=O) groups is 3. The summed E-state index contributed by atoms with van der Waals surface area (Å²) in [7, 11) is 0. The molecule has 7 nitrogen and oxygen atoms in total. The van der Waals surface area contributed by atoms with Crippen LogP contribution >= 0.6 is 34.8 Å². The van der Waals surface area contributed by atoms with E-state index in [-0.39, 0.29) is 29.6 Å². The normalized spacial score (nSPS) is 15.0. The molecular weight excluding hydrogens is 441 g/mol. The summed E-state index contributed by atoms with van der Waals surface area (Å²) >= 11 is 18.0. The van der Waals surface area contributed by atoms with Crippen LogP contribution in [-0.4, -0.2) is 29.4 Å². The van der Waals surface area contributed by atoms with Crippen molar-refractivity contribution >= 4 is 58.7 Å². The predicted octanol–water partition coefficient (Wildman–Crippen LogP) is 3.60. The van der Waals surface area contributed by atoms with Gasteiger partial charge in [-0.15, -0.1) is 0 Å². The van der Waals surface area contributed by atoms with Gasteiger partial charge >= 0.3 is 6.03 Å². The summed E-state index contributed by atoms with van der Waals surface area (Å²) in [6, 6.07) is 9.00.